The Morgan fingerprint density at radius 2 is 1.57 bits per heavy atom. The molecule has 0 aliphatic rings. The summed E-state index contributed by atoms with van der Waals surface area (Å²) < 4.78 is 3.17. The van der Waals surface area contributed by atoms with Gasteiger partial charge in [-0.2, -0.15) is 4.02 Å². The molecule has 6 heteroatoms. The molecule has 0 heterocycles. The number of hydrogen-bond donors (Lipinski definition) is 2. The first kappa shape index (κ1) is 15.7. The fraction of sp³-hybridized carbons (Fsp3) is 0. The average Bonchev–Trinajstić information content (AvgIpc) is 1.38. The molecular formula is CH4BrCoMnN3. The molecule has 0 aromatic heterocycles. The van der Waals surface area contributed by atoms with Gasteiger partial charge < -0.3 is 11.5 Å². The van der Waals surface area contributed by atoms with E-state index in [9.17, 15) is 0 Å². The second-order valence-electron chi connectivity index (χ2n) is 0.509. The van der Waals surface area contributed by atoms with Crippen LogP contribution in [0.4, 0.5) is 0 Å². The zero-order valence-electron chi connectivity index (χ0n) is 3.19. The van der Waals surface area contributed by atoms with Crippen LogP contribution in [0.2, 0.25) is 0 Å². The largest absolute Gasteiger partial charge is 0.369 e. The van der Waals surface area contributed by atoms with Crippen LogP contribution in [-0.4, -0.2) is 5.96 Å². The predicted octanol–water partition coefficient (Wildman–Crippen LogP) is -0.435. The first-order valence-electron chi connectivity index (χ1n) is 0.970. The molecule has 0 amide bonds. The van der Waals surface area contributed by atoms with Crippen LogP contribution in [0, 0.1) is 0 Å². The second kappa shape index (κ2) is 9.91. The van der Waals surface area contributed by atoms with Crippen molar-refractivity contribution < 1.29 is 33.8 Å². The summed E-state index contributed by atoms with van der Waals surface area (Å²) in [6.45, 7) is 0. The van der Waals surface area contributed by atoms with Gasteiger partial charge in [0.05, 0.1) is 16.1 Å². The van der Waals surface area contributed by atoms with Crippen molar-refractivity contribution in [1.82, 2.24) is 0 Å². The van der Waals surface area contributed by atoms with Gasteiger partial charge in [-0.3, -0.25) is 0 Å². The maximum absolute atomic E-state index is 4.77. The molecule has 0 unspecified atom stereocenters. The summed E-state index contributed by atoms with van der Waals surface area (Å²) >= 11 is 2.65. The van der Waals surface area contributed by atoms with Gasteiger partial charge in [-0.15, -0.1) is 0 Å². The molecule has 2 radical (unpaired) electrons. The minimum absolute atomic E-state index is 0. The molecule has 7 heavy (non-hydrogen) atoms. The Balaban J connectivity index is -0.0000000800. The summed E-state index contributed by atoms with van der Waals surface area (Å²) in [5.74, 6) is 0.0463. The summed E-state index contributed by atoms with van der Waals surface area (Å²) in [5.41, 5.74) is 9.55. The SMILES string of the molecule is NC(N)=NBr.[Co].[Mn]. The predicted molar refractivity (Wildman–Crippen MR) is 24.7 cm³/mol. The molecule has 0 aromatic carbocycles. The Kier molecular flexibility index (Phi) is 22.2. The normalized spacial score (nSPS) is 4.71. The number of nitrogens with zero attached hydrogens (tertiary/aromatic N) is 1. The van der Waals surface area contributed by atoms with Gasteiger partial charge in [-0.05, 0) is 0 Å². The summed E-state index contributed by atoms with van der Waals surface area (Å²) in [6, 6.07) is 0. The summed E-state index contributed by atoms with van der Waals surface area (Å²) in [6.07, 6.45) is 0. The summed E-state index contributed by atoms with van der Waals surface area (Å²) in [4.78, 5) is 0. The third-order valence-electron chi connectivity index (χ3n) is 0.0976. The van der Waals surface area contributed by atoms with Crippen LogP contribution in [-0.2, 0) is 33.8 Å². The molecular weight excluding hydrogens is 248 g/mol. The fourth-order valence-electron chi connectivity index (χ4n) is 0. The van der Waals surface area contributed by atoms with Crippen LogP contribution in [0.1, 0.15) is 0 Å². The Bertz CT molecular complexity index is 52.9. The molecule has 46 valence electrons. The number of rotatable bonds is 0. The van der Waals surface area contributed by atoms with E-state index in [1.165, 1.54) is 0 Å². The molecule has 3 nitrogen and oxygen atoms in total. The van der Waals surface area contributed by atoms with Crippen molar-refractivity contribution in [2.24, 2.45) is 15.5 Å². The van der Waals surface area contributed by atoms with Crippen LogP contribution in [0.15, 0.2) is 4.02 Å². The standard InChI is InChI=1S/CH4BrN3.Co.Mn/c2-5-1(3)4;;/h(H4,3,4,5);;. The summed E-state index contributed by atoms with van der Waals surface area (Å²) in [5, 5.41) is 0. The molecule has 0 fully saturated rings. The van der Waals surface area contributed by atoms with Gasteiger partial charge in [-0.1, -0.05) is 0 Å². The Morgan fingerprint density at radius 3 is 1.57 bits per heavy atom. The molecule has 4 N–H and O–H groups in total. The second-order valence-corrected chi connectivity index (χ2v) is 0.864. The maximum atomic E-state index is 4.77. The number of guanidine groups is 1. The van der Waals surface area contributed by atoms with E-state index in [-0.39, 0.29) is 39.8 Å². The first-order valence-corrected chi connectivity index (χ1v) is 1.68. The van der Waals surface area contributed by atoms with Crippen molar-refractivity contribution in [3.05, 3.63) is 0 Å². The van der Waals surface area contributed by atoms with E-state index in [4.69, 9.17) is 11.5 Å². The smallest absolute Gasteiger partial charge is 0.197 e. The molecule has 0 saturated heterocycles. The summed E-state index contributed by atoms with van der Waals surface area (Å²) in [7, 11) is 0. The molecule has 0 aliphatic heterocycles. The zero-order chi connectivity index (χ0) is 4.28. The van der Waals surface area contributed by atoms with Crippen LogP contribution in [0.25, 0.3) is 0 Å². The molecule has 0 spiro atoms. The first-order chi connectivity index (χ1) is 2.27. The topological polar surface area (TPSA) is 64.4 Å². The monoisotopic (exact) mass is 251 g/mol. The maximum Gasteiger partial charge on any atom is 0.197 e. The van der Waals surface area contributed by atoms with E-state index in [1.54, 1.807) is 0 Å². The van der Waals surface area contributed by atoms with Gasteiger partial charge in [0.2, 0.25) is 0 Å². The molecule has 0 rings (SSSR count). The van der Waals surface area contributed by atoms with Crippen molar-refractivity contribution in [1.29, 1.82) is 0 Å². The third kappa shape index (κ3) is 20.1. The number of hydrogen-bond acceptors (Lipinski definition) is 1. The van der Waals surface area contributed by atoms with Crippen molar-refractivity contribution in [2.45, 2.75) is 0 Å². The van der Waals surface area contributed by atoms with Gasteiger partial charge in [0.1, 0.15) is 0 Å². The van der Waals surface area contributed by atoms with Gasteiger partial charge in [0, 0.05) is 33.8 Å². The third-order valence-corrected chi connectivity index (χ3v) is 0.507. The van der Waals surface area contributed by atoms with Gasteiger partial charge in [0.25, 0.3) is 0 Å². The molecule has 0 saturated carbocycles. The van der Waals surface area contributed by atoms with Gasteiger partial charge in [0.15, 0.2) is 5.96 Å². The zero-order valence-corrected chi connectivity index (χ0v) is 7.00. The Morgan fingerprint density at radius 1 is 1.43 bits per heavy atom. The molecule has 0 atom stereocenters. The number of nitrogens with two attached hydrogens (primary N) is 2. The van der Waals surface area contributed by atoms with Crippen LogP contribution in [0.3, 0.4) is 0 Å². The van der Waals surface area contributed by atoms with Gasteiger partial charge >= 0.3 is 0 Å². The van der Waals surface area contributed by atoms with E-state index in [0.29, 0.717) is 0 Å². The fourth-order valence-corrected chi connectivity index (χ4v) is 0. The quantitative estimate of drug-likeness (QED) is 0.349. The van der Waals surface area contributed by atoms with E-state index in [1.807, 2.05) is 0 Å². The van der Waals surface area contributed by atoms with E-state index in [2.05, 4.69) is 20.2 Å². The minimum Gasteiger partial charge on any atom is -0.369 e. The van der Waals surface area contributed by atoms with E-state index in [0.717, 1.165) is 0 Å². The van der Waals surface area contributed by atoms with Crippen LogP contribution >= 0.6 is 16.1 Å². The molecule has 0 bridgehead atoms. The molecule has 0 aliphatic carbocycles. The van der Waals surface area contributed by atoms with Crippen molar-refractivity contribution in [3.63, 3.8) is 0 Å². The Hall–Kier alpha value is 0.776. The number of halogens is 1. The minimum atomic E-state index is 0. The van der Waals surface area contributed by atoms with Gasteiger partial charge in [-0.25, -0.2) is 0 Å². The van der Waals surface area contributed by atoms with Crippen molar-refractivity contribution in [3.8, 4) is 0 Å². The van der Waals surface area contributed by atoms with E-state index < -0.39 is 0 Å². The average molecular weight is 252 g/mol. The van der Waals surface area contributed by atoms with Crippen LogP contribution < -0.4 is 11.5 Å². The Labute approximate surface area is 71.3 Å². The van der Waals surface area contributed by atoms with Crippen LogP contribution in [0.5, 0.6) is 0 Å². The van der Waals surface area contributed by atoms with E-state index >= 15 is 0 Å². The molecule has 0 aromatic rings. The van der Waals surface area contributed by atoms with Crippen molar-refractivity contribution >= 4 is 22.1 Å². The van der Waals surface area contributed by atoms with Crippen molar-refractivity contribution in [2.75, 3.05) is 0 Å².